The van der Waals surface area contributed by atoms with Gasteiger partial charge in [0, 0.05) is 44.3 Å². The minimum atomic E-state index is -0.543. The van der Waals surface area contributed by atoms with Crippen molar-refractivity contribution < 1.29 is 24.0 Å². The summed E-state index contributed by atoms with van der Waals surface area (Å²) in [6, 6.07) is 5.27. The summed E-state index contributed by atoms with van der Waals surface area (Å²) in [5, 5.41) is 13.4. The third kappa shape index (κ3) is 6.50. The zero-order valence-corrected chi connectivity index (χ0v) is 15.1. The molecule has 26 heavy (non-hydrogen) atoms. The van der Waals surface area contributed by atoms with E-state index < -0.39 is 16.8 Å². The van der Waals surface area contributed by atoms with E-state index in [0.29, 0.717) is 19.5 Å². The van der Waals surface area contributed by atoms with E-state index in [-0.39, 0.29) is 29.6 Å². The maximum atomic E-state index is 12.7. The van der Waals surface area contributed by atoms with Crippen molar-refractivity contribution >= 4 is 23.5 Å². The van der Waals surface area contributed by atoms with Crippen molar-refractivity contribution in [3.05, 3.63) is 39.9 Å². The van der Waals surface area contributed by atoms with E-state index in [4.69, 9.17) is 0 Å². The Morgan fingerprint density at radius 3 is 2.38 bits per heavy atom. The number of hydrogen-bond donors (Lipinski definition) is 1. The predicted octanol–water partition coefficient (Wildman–Crippen LogP) is 1.37. The van der Waals surface area contributed by atoms with Gasteiger partial charge in [-0.1, -0.05) is 6.92 Å². The van der Waals surface area contributed by atoms with Crippen LogP contribution >= 0.6 is 0 Å². The molecule has 1 rings (SSSR count). The second-order valence-corrected chi connectivity index (χ2v) is 5.82. The van der Waals surface area contributed by atoms with Crippen LogP contribution in [0.15, 0.2) is 24.3 Å². The van der Waals surface area contributed by atoms with Gasteiger partial charge in [0.05, 0.1) is 18.0 Å². The van der Waals surface area contributed by atoms with Gasteiger partial charge < -0.3 is 15.0 Å². The quantitative estimate of drug-likeness (QED) is 0.305. The van der Waals surface area contributed by atoms with E-state index in [9.17, 15) is 24.5 Å². The number of non-ortho nitro benzene ring substituents is 1. The number of nitro benzene ring substituents is 1. The lowest BCUT2D eigenvalue weighted by atomic mass is 10.1. The molecule has 1 aromatic carbocycles. The summed E-state index contributed by atoms with van der Waals surface area (Å²) in [6.07, 6.45) is 0.506. The van der Waals surface area contributed by atoms with Crippen LogP contribution in [0.25, 0.3) is 0 Å². The van der Waals surface area contributed by atoms with Gasteiger partial charge in [0.1, 0.15) is 0 Å². The number of carbonyl (C=O) groups excluding carboxylic acids is 3. The molecule has 9 heteroatoms. The van der Waals surface area contributed by atoms with Crippen LogP contribution in [-0.4, -0.2) is 54.4 Å². The van der Waals surface area contributed by atoms with Crippen LogP contribution in [0.3, 0.4) is 0 Å². The van der Waals surface area contributed by atoms with Gasteiger partial charge in [0.15, 0.2) is 0 Å². The molecule has 0 aliphatic carbocycles. The number of amides is 2. The van der Waals surface area contributed by atoms with E-state index in [1.807, 2.05) is 0 Å². The lowest BCUT2D eigenvalue weighted by Crippen LogP contribution is -2.39. The first kappa shape index (κ1) is 21.1. The third-order valence-electron chi connectivity index (χ3n) is 3.69. The fraction of sp³-hybridized carbons (Fsp3) is 0.471. The minimum absolute atomic E-state index is 0.110. The lowest BCUT2D eigenvalue weighted by molar-refractivity contribution is -0.384. The molecule has 2 amide bonds. The van der Waals surface area contributed by atoms with Crippen LogP contribution in [0, 0.1) is 16.0 Å². The van der Waals surface area contributed by atoms with E-state index >= 15 is 0 Å². The molecule has 0 aliphatic rings. The predicted molar refractivity (Wildman–Crippen MR) is 93.5 cm³/mol. The van der Waals surface area contributed by atoms with Crippen LogP contribution in [-0.2, 0) is 14.3 Å². The number of methoxy groups -OCH3 is 1. The van der Waals surface area contributed by atoms with Crippen molar-refractivity contribution in [3.8, 4) is 0 Å². The summed E-state index contributed by atoms with van der Waals surface area (Å²) in [4.78, 5) is 47.0. The zero-order valence-electron chi connectivity index (χ0n) is 15.1. The Labute approximate surface area is 151 Å². The Morgan fingerprint density at radius 1 is 1.27 bits per heavy atom. The first-order chi connectivity index (χ1) is 12.3. The maximum absolute atomic E-state index is 12.7. The first-order valence-electron chi connectivity index (χ1n) is 8.12. The molecular weight excluding hydrogens is 342 g/mol. The zero-order chi connectivity index (χ0) is 19.7. The molecule has 0 heterocycles. The van der Waals surface area contributed by atoms with Crippen molar-refractivity contribution in [2.24, 2.45) is 5.92 Å². The molecule has 0 spiro atoms. The smallest absolute Gasteiger partial charge is 0.310 e. The Morgan fingerprint density at radius 2 is 1.88 bits per heavy atom. The van der Waals surface area contributed by atoms with Crippen LogP contribution in [0.5, 0.6) is 0 Å². The molecule has 1 N–H and O–H groups in total. The summed E-state index contributed by atoms with van der Waals surface area (Å²) >= 11 is 0. The highest BCUT2D eigenvalue weighted by atomic mass is 16.6. The minimum Gasteiger partial charge on any atom is -0.469 e. The number of esters is 1. The molecule has 0 bridgehead atoms. The van der Waals surface area contributed by atoms with E-state index in [1.165, 1.54) is 43.2 Å². The fourth-order valence-electron chi connectivity index (χ4n) is 2.32. The Balaban J connectivity index is 2.86. The van der Waals surface area contributed by atoms with Gasteiger partial charge in [0.2, 0.25) is 5.91 Å². The van der Waals surface area contributed by atoms with Crippen molar-refractivity contribution in [2.75, 3.05) is 26.7 Å². The molecule has 0 aliphatic heterocycles. The Kier molecular flexibility index (Phi) is 8.20. The van der Waals surface area contributed by atoms with Crippen molar-refractivity contribution in [2.45, 2.75) is 20.3 Å². The molecule has 0 fully saturated rings. The second kappa shape index (κ2) is 10.1. The van der Waals surface area contributed by atoms with E-state index in [1.54, 1.807) is 6.92 Å². The normalized spacial score (nSPS) is 11.3. The number of carbonyl (C=O) groups is 3. The molecule has 9 nitrogen and oxygen atoms in total. The first-order valence-corrected chi connectivity index (χ1v) is 8.12. The topological polar surface area (TPSA) is 119 Å². The molecule has 1 atom stereocenters. The van der Waals surface area contributed by atoms with Crippen LogP contribution < -0.4 is 5.32 Å². The average molecular weight is 365 g/mol. The summed E-state index contributed by atoms with van der Waals surface area (Å²) in [7, 11) is 1.28. The van der Waals surface area contributed by atoms with Crippen molar-refractivity contribution in [3.63, 3.8) is 0 Å². The SMILES string of the molecule is COC(=O)C(C)CN(CCCNC(C)=O)C(=O)c1ccc([N+](=O)[O-])cc1. The molecule has 0 saturated carbocycles. The van der Waals surface area contributed by atoms with Crippen molar-refractivity contribution in [1.29, 1.82) is 0 Å². The van der Waals surface area contributed by atoms with Gasteiger partial charge in [-0.2, -0.15) is 0 Å². The van der Waals surface area contributed by atoms with Gasteiger partial charge in [-0.25, -0.2) is 0 Å². The highest BCUT2D eigenvalue weighted by Crippen LogP contribution is 2.15. The van der Waals surface area contributed by atoms with Gasteiger partial charge in [-0.05, 0) is 18.6 Å². The Bertz CT molecular complexity index is 659. The summed E-state index contributed by atoms with van der Waals surface area (Å²) in [6.45, 7) is 3.90. The molecule has 0 radical (unpaired) electrons. The monoisotopic (exact) mass is 365 g/mol. The summed E-state index contributed by atoms with van der Waals surface area (Å²) in [5.41, 5.74) is 0.175. The van der Waals surface area contributed by atoms with Gasteiger partial charge in [-0.3, -0.25) is 24.5 Å². The largest absolute Gasteiger partial charge is 0.469 e. The number of ether oxygens (including phenoxy) is 1. The second-order valence-electron chi connectivity index (χ2n) is 5.82. The molecule has 1 aromatic rings. The molecule has 0 saturated heterocycles. The maximum Gasteiger partial charge on any atom is 0.310 e. The molecule has 0 aromatic heterocycles. The van der Waals surface area contributed by atoms with Crippen LogP contribution in [0.1, 0.15) is 30.6 Å². The number of nitro groups is 1. The van der Waals surface area contributed by atoms with Gasteiger partial charge in [0.25, 0.3) is 11.6 Å². The number of nitrogens with zero attached hydrogens (tertiary/aromatic N) is 2. The highest BCUT2D eigenvalue weighted by Gasteiger charge is 2.22. The number of benzene rings is 1. The number of nitrogens with one attached hydrogen (secondary N) is 1. The number of hydrogen-bond acceptors (Lipinski definition) is 6. The third-order valence-corrected chi connectivity index (χ3v) is 3.69. The van der Waals surface area contributed by atoms with Crippen LogP contribution in [0.4, 0.5) is 5.69 Å². The summed E-state index contributed by atoms with van der Waals surface area (Å²) in [5.74, 6) is -1.48. The molecular formula is C17H23N3O6. The van der Waals surface area contributed by atoms with Crippen molar-refractivity contribution in [1.82, 2.24) is 10.2 Å². The fourth-order valence-corrected chi connectivity index (χ4v) is 2.32. The van der Waals surface area contributed by atoms with Gasteiger partial charge >= 0.3 is 5.97 Å². The average Bonchev–Trinajstić information content (AvgIpc) is 2.62. The van der Waals surface area contributed by atoms with E-state index in [0.717, 1.165) is 0 Å². The molecule has 142 valence electrons. The standard InChI is InChI=1S/C17H23N3O6/c1-12(17(23)26-3)11-19(10-4-9-18-13(2)21)16(22)14-5-7-15(8-6-14)20(24)25/h5-8,12H,4,9-11H2,1-3H3,(H,18,21). The van der Waals surface area contributed by atoms with E-state index in [2.05, 4.69) is 10.1 Å². The Hall–Kier alpha value is -2.97. The number of rotatable bonds is 9. The highest BCUT2D eigenvalue weighted by molar-refractivity contribution is 5.94. The van der Waals surface area contributed by atoms with Crippen LogP contribution in [0.2, 0.25) is 0 Å². The van der Waals surface area contributed by atoms with Gasteiger partial charge in [-0.15, -0.1) is 0 Å². The lowest BCUT2D eigenvalue weighted by Gasteiger charge is -2.25. The summed E-state index contributed by atoms with van der Waals surface area (Å²) < 4.78 is 4.69. The molecule has 1 unspecified atom stereocenters.